The van der Waals surface area contributed by atoms with Gasteiger partial charge in [-0.15, -0.1) is 11.3 Å². The van der Waals surface area contributed by atoms with Gasteiger partial charge in [-0.05, 0) is 34.9 Å². The maximum absolute atomic E-state index is 5.29. The summed E-state index contributed by atoms with van der Waals surface area (Å²) in [4.78, 5) is 1.46. The number of fused-ring (bicyclic) bond motifs is 1. The van der Waals surface area contributed by atoms with Crippen molar-refractivity contribution in [2.45, 2.75) is 11.8 Å². The number of hydrogen-bond donors (Lipinski definition) is 0. The first-order valence-corrected chi connectivity index (χ1v) is 8.25. The Labute approximate surface area is 131 Å². The highest BCUT2D eigenvalue weighted by Gasteiger charge is 2.18. The van der Waals surface area contributed by atoms with Crippen molar-refractivity contribution < 1.29 is 4.74 Å². The van der Waals surface area contributed by atoms with Gasteiger partial charge in [0.15, 0.2) is 0 Å². The molecule has 3 rings (SSSR count). The Morgan fingerprint density at radius 3 is 2.70 bits per heavy atom. The Balaban J connectivity index is 2.15. The fraction of sp³-hybridized carbons (Fsp3) is 0.176. The molecule has 0 aliphatic heterocycles. The smallest absolute Gasteiger partial charge is 0.129 e. The van der Waals surface area contributed by atoms with Crippen LogP contribution >= 0.6 is 27.3 Å². The standard InChI is InChI=1S/C17H15BrOS/c1-11-7-8-12-5-3-4-6-14(12)16(11)17(18)15-9-13(19-2)10-20-15/h3-10,17H,1-2H3. The van der Waals surface area contributed by atoms with Crippen LogP contribution in [0.3, 0.4) is 0 Å². The van der Waals surface area contributed by atoms with Gasteiger partial charge in [-0.3, -0.25) is 0 Å². The van der Waals surface area contributed by atoms with Crippen molar-refractivity contribution in [2.24, 2.45) is 0 Å². The van der Waals surface area contributed by atoms with E-state index in [1.807, 2.05) is 5.38 Å². The summed E-state index contributed by atoms with van der Waals surface area (Å²) in [5.41, 5.74) is 2.64. The molecular formula is C17H15BrOS. The second-order valence-electron chi connectivity index (χ2n) is 4.77. The summed E-state index contributed by atoms with van der Waals surface area (Å²) in [6.45, 7) is 2.17. The molecule has 102 valence electrons. The number of aryl methyl sites for hydroxylation is 1. The topological polar surface area (TPSA) is 9.23 Å². The van der Waals surface area contributed by atoms with Gasteiger partial charge in [-0.2, -0.15) is 0 Å². The van der Waals surface area contributed by atoms with E-state index in [9.17, 15) is 0 Å². The summed E-state index contributed by atoms with van der Waals surface area (Å²) in [7, 11) is 1.71. The second kappa shape index (κ2) is 5.58. The Morgan fingerprint density at radius 1 is 1.15 bits per heavy atom. The van der Waals surface area contributed by atoms with Crippen LogP contribution in [0, 0.1) is 6.92 Å². The number of halogens is 1. The third kappa shape index (κ3) is 2.36. The van der Waals surface area contributed by atoms with Crippen molar-refractivity contribution in [3.8, 4) is 5.75 Å². The van der Waals surface area contributed by atoms with Crippen LogP contribution in [-0.2, 0) is 0 Å². The van der Waals surface area contributed by atoms with Crippen LogP contribution in [0.2, 0.25) is 0 Å². The lowest BCUT2D eigenvalue weighted by Gasteiger charge is -2.15. The van der Waals surface area contributed by atoms with E-state index in [0.29, 0.717) is 0 Å². The number of benzene rings is 2. The minimum absolute atomic E-state index is 0.197. The lowest BCUT2D eigenvalue weighted by atomic mass is 9.97. The molecule has 1 atom stereocenters. The molecule has 1 heterocycles. The molecule has 20 heavy (non-hydrogen) atoms. The highest BCUT2D eigenvalue weighted by Crippen LogP contribution is 2.41. The van der Waals surface area contributed by atoms with E-state index in [0.717, 1.165) is 5.75 Å². The van der Waals surface area contributed by atoms with Gasteiger partial charge in [0.05, 0.1) is 11.9 Å². The van der Waals surface area contributed by atoms with Crippen molar-refractivity contribution in [1.82, 2.24) is 0 Å². The molecule has 3 heteroatoms. The molecule has 1 nitrogen and oxygen atoms in total. The van der Waals surface area contributed by atoms with E-state index >= 15 is 0 Å². The summed E-state index contributed by atoms with van der Waals surface area (Å²) in [6, 6.07) is 15.0. The van der Waals surface area contributed by atoms with Crippen molar-refractivity contribution in [3.05, 3.63) is 63.8 Å². The molecule has 0 radical (unpaired) electrons. The summed E-state index contributed by atoms with van der Waals surface area (Å²) < 4.78 is 5.29. The molecule has 2 aromatic carbocycles. The lowest BCUT2D eigenvalue weighted by Crippen LogP contribution is -1.95. The molecule has 3 aromatic rings. The van der Waals surface area contributed by atoms with E-state index in [2.05, 4.69) is 65.3 Å². The first kappa shape index (κ1) is 13.7. The minimum Gasteiger partial charge on any atom is -0.496 e. The fourth-order valence-electron chi connectivity index (χ4n) is 2.46. The van der Waals surface area contributed by atoms with Gasteiger partial charge in [0, 0.05) is 10.3 Å². The summed E-state index contributed by atoms with van der Waals surface area (Å²) >= 11 is 5.59. The Hall–Kier alpha value is -1.32. The first-order valence-electron chi connectivity index (χ1n) is 6.45. The predicted molar refractivity (Wildman–Crippen MR) is 90.3 cm³/mol. The lowest BCUT2D eigenvalue weighted by molar-refractivity contribution is 0.416. The van der Waals surface area contributed by atoms with Gasteiger partial charge in [0.1, 0.15) is 5.75 Å². The van der Waals surface area contributed by atoms with E-state index in [-0.39, 0.29) is 4.83 Å². The Morgan fingerprint density at radius 2 is 1.95 bits per heavy atom. The summed E-state index contributed by atoms with van der Waals surface area (Å²) in [5, 5.41) is 4.63. The number of alkyl halides is 1. The van der Waals surface area contributed by atoms with Crippen LogP contribution in [0.5, 0.6) is 5.75 Å². The molecule has 0 saturated heterocycles. The summed E-state index contributed by atoms with van der Waals surface area (Å²) in [6.07, 6.45) is 0. The van der Waals surface area contributed by atoms with Gasteiger partial charge in [0.25, 0.3) is 0 Å². The van der Waals surface area contributed by atoms with Crippen LogP contribution in [0.25, 0.3) is 10.8 Å². The zero-order valence-corrected chi connectivity index (χ0v) is 13.8. The molecule has 0 spiro atoms. The molecule has 0 saturated carbocycles. The molecule has 0 bridgehead atoms. The Kier molecular flexibility index (Phi) is 3.81. The van der Waals surface area contributed by atoms with E-state index in [4.69, 9.17) is 4.74 Å². The predicted octanol–water partition coefficient (Wildman–Crippen LogP) is 5.70. The molecular weight excluding hydrogens is 332 g/mol. The van der Waals surface area contributed by atoms with Crippen LogP contribution in [0.15, 0.2) is 47.8 Å². The third-order valence-corrected chi connectivity index (χ3v) is 5.75. The quantitative estimate of drug-likeness (QED) is 0.552. The Bertz CT molecular complexity index is 748. The third-order valence-electron chi connectivity index (χ3n) is 3.52. The monoisotopic (exact) mass is 346 g/mol. The molecule has 0 fully saturated rings. The summed E-state index contributed by atoms with van der Waals surface area (Å²) in [5.74, 6) is 0.923. The molecule has 0 aliphatic carbocycles. The normalized spacial score (nSPS) is 12.6. The minimum atomic E-state index is 0.197. The largest absolute Gasteiger partial charge is 0.496 e. The zero-order valence-electron chi connectivity index (χ0n) is 11.4. The molecule has 0 amide bonds. The van der Waals surface area contributed by atoms with Crippen molar-refractivity contribution in [2.75, 3.05) is 7.11 Å². The maximum atomic E-state index is 5.29. The number of methoxy groups -OCH3 is 1. The number of hydrogen-bond acceptors (Lipinski definition) is 2. The van der Waals surface area contributed by atoms with Gasteiger partial charge < -0.3 is 4.74 Å². The van der Waals surface area contributed by atoms with E-state index in [1.165, 1.54) is 26.8 Å². The van der Waals surface area contributed by atoms with E-state index < -0.39 is 0 Å². The van der Waals surface area contributed by atoms with Crippen molar-refractivity contribution in [1.29, 1.82) is 0 Å². The highest BCUT2D eigenvalue weighted by atomic mass is 79.9. The van der Waals surface area contributed by atoms with Gasteiger partial charge >= 0.3 is 0 Å². The highest BCUT2D eigenvalue weighted by molar-refractivity contribution is 9.09. The SMILES string of the molecule is COc1csc(C(Br)c2c(C)ccc3ccccc23)c1. The van der Waals surface area contributed by atoms with Crippen LogP contribution in [-0.4, -0.2) is 7.11 Å². The average Bonchev–Trinajstić information content (AvgIpc) is 2.95. The molecule has 0 N–H and O–H groups in total. The molecule has 0 aliphatic rings. The fourth-order valence-corrected chi connectivity index (χ4v) is 4.36. The second-order valence-corrected chi connectivity index (χ2v) is 6.63. The number of thiophene rings is 1. The number of rotatable bonds is 3. The number of ether oxygens (including phenoxy) is 1. The zero-order chi connectivity index (χ0) is 14.1. The van der Waals surface area contributed by atoms with Gasteiger partial charge in [-0.1, -0.05) is 52.3 Å². The molecule has 1 unspecified atom stereocenters. The average molecular weight is 347 g/mol. The van der Waals surface area contributed by atoms with Crippen molar-refractivity contribution >= 4 is 38.0 Å². The van der Waals surface area contributed by atoms with E-state index in [1.54, 1.807) is 18.4 Å². The maximum Gasteiger partial charge on any atom is 0.129 e. The van der Waals surface area contributed by atoms with Gasteiger partial charge in [-0.25, -0.2) is 0 Å². The first-order chi connectivity index (χ1) is 9.70. The van der Waals surface area contributed by atoms with Crippen LogP contribution < -0.4 is 4.74 Å². The van der Waals surface area contributed by atoms with Gasteiger partial charge in [0.2, 0.25) is 0 Å². The van der Waals surface area contributed by atoms with Crippen LogP contribution in [0.1, 0.15) is 20.8 Å². The molecule has 1 aromatic heterocycles. The van der Waals surface area contributed by atoms with Crippen LogP contribution in [0.4, 0.5) is 0 Å². The van der Waals surface area contributed by atoms with Crippen molar-refractivity contribution in [3.63, 3.8) is 0 Å².